The van der Waals surface area contributed by atoms with Crippen molar-refractivity contribution < 1.29 is 0 Å². The molecule has 1 aliphatic heterocycles. The zero-order chi connectivity index (χ0) is 13.7. The summed E-state index contributed by atoms with van der Waals surface area (Å²) in [6, 6.07) is 2.89. The summed E-state index contributed by atoms with van der Waals surface area (Å²) < 4.78 is 1.19. The van der Waals surface area contributed by atoms with Crippen molar-refractivity contribution in [3.63, 3.8) is 0 Å². The number of thiophene rings is 1. The molecule has 0 aliphatic carbocycles. The molecule has 0 bridgehead atoms. The van der Waals surface area contributed by atoms with Crippen LogP contribution in [0.1, 0.15) is 18.7 Å². The highest BCUT2D eigenvalue weighted by Gasteiger charge is 2.17. The molecule has 0 spiro atoms. The van der Waals surface area contributed by atoms with Gasteiger partial charge in [-0.2, -0.15) is 0 Å². The third-order valence-electron chi connectivity index (χ3n) is 3.66. The van der Waals surface area contributed by atoms with E-state index >= 15 is 0 Å². The minimum Gasteiger partial charge on any atom is -0.311 e. The van der Waals surface area contributed by atoms with Crippen LogP contribution in [-0.2, 0) is 6.54 Å². The van der Waals surface area contributed by atoms with Gasteiger partial charge in [0, 0.05) is 66.6 Å². The molecule has 2 rings (SSSR count). The molecule has 0 atom stereocenters. The minimum atomic E-state index is 0.692. The average Bonchev–Trinajstić information content (AvgIpc) is 2.81. The van der Waals surface area contributed by atoms with Gasteiger partial charge in [0.25, 0.3) is 0 Å². The lowest BCUT2D eigenvalue weighted by molar-refractivity contribution is 0.109. The van der Waals surface area contributed by atoms with Crippen LogP contribution in [0.2, 0.25) is 0 Å². The smallest absolute Gasteiger partial charge is 0.0300 e. The largest absolute Gasteiger partial charge is 0.311 e. The lowest BCUT2D eigenvalue weighted by atomic mass is 10.2. The molecule has 19 heavy (non-hydrogen) atoms. The van der Waals surface area contributed by atoms with E-state index in [0.717, 1.165) is 13.1 Å². The number of halogens is 1. The highest BCUT2D eigenvalue weighted by atomic mass is 79.9. The first-order valence-corrected chi connectivity index (χ1v) is 8.72. The molecule has 108 valence electrons. The Morgan fingerprint density at radius 2 is 2.05 bits per heavy atom. The van der Waals surface area contributed by atoms with Crippen molar-refractivity contribution >= 4 is 27.3 Å². The number of nitrogens with one attached hydrogen (secondary N) is 1. The maximum atomic E-state index is 3.53. The van der Waals surface area contributed by atoms with Crippen LogP contribution in [0.15, 0.2) is 15.9 Å². The molecular weight excluding hydrogens is 322 g/mol. The van der Waals surface area contributed by atoms with Gasteiger partial charge in [0.2, 0.25) is 0 Å². The van der Waals surface area contributed by atoms with Crippen molar-refractivity contribution in [1.82, 2.24) is 15.1 Å². The van der Waals surface area contributed by atoms with Gasteiger partial charge in [-0.15, -0.1) is 11.3 Å². The van der Waals surface area contributed by atoms with E-state index in [-0.39, 0.29) is 0 Å². The molecule has 1 fully saturated rings. The topological polar surface area (TPSA) is 18.5 Å². The second kappa shape index (κ2) is 7.74. The van der Waals surface area contributed by atoms with E-state index in [0.29, 0.717) is 6.04 Å². The fourth-order valence-electron chi connectivity index (χ4n) is 2.40. The van der Waals surface area contributed by atoms with Crippen LogP contribution < -0.4 is 5.32 Å². The standard InChI is InChI=1S/C14H24BrN3S/c1-12(2)18-7-5-17(6-8-18)4-3-16-10-14-9-13(15)11-19-14/h9,11-12,16H,3-8,10H2,1-2H3. The molecule has 0 amide bonds. The monoisotopic (exact) mass is 345 g/mol. The van der Waals surface area contributed by atoms with Gasteiger partial charge in [-0.05, 0) is 35.8 Å². The molecule has 2 heterocycles. The van der Waals surface area contributed by atoms with Gasteiger partial charge in [-0.25, -0.2) is 0 Å². The molecule has 0 aromatic carbocycles. The summed E-state index contributed by atoms with van der Waals surface area (Å²) in [5, 5.41) is 5.67. The van der Waals surface area contributed by atoms with E-state index in [1.165, 1.54) is 42.1 Å². The van der Waals surface area contributed by atoms with Crippen molar-refractivity contribution in [3.05, 3.63) is 20.8 Å². The normalized spacial score (nSPS) is 18.3. The molecule has 5 heteroatoms. The lowest BCUT2D eigenvalue weighted by Crippen LogP contribution is -2.50. The molecule has 3 nitrogen and oxygen atoms in total. The summed E-state index contributed by atoms with van der Waals surface area (Å²) in [6.45, 7) is 12.7. The van der Waals surface area contributed by atoms with Crippen LogP contribution in [0.5, 0.6) is 0 Å². The highest BCUT2D eigenvalue weighted by Crippen LogP contribution is 2.19. The predicted octanol–water partition coefficient (Wildman–Crippen LogP) is 2.63. The molecule has 1 aliphatic rings. The molecule has 0 radical (unpaired) electrons. The predicted molar refractivity (Wildman–Crippen MR) is 86.9 cm³/mol. The number of piperazine rings is 1. The van der Waals surface area contributed by atoms with Crippen molar-refractivity contribution in [1.29, 1.82) is 0 Å². The third kappa shape index (κ3) is 5.16. The first kappa shape index (κ1) is 15.4. The molecular formula is C14H24BrN3S. The average molecular weight is 346 g/mol. The van der Waals surface area contributed by atoms with E-state index < -0.39 is 0 Å². The summed E-state index contributed by atoms with van der Waals surface area (Å²) in [5.41, 5.74) is 0. The fourth-order valence-corrected chi connectivity index (χ4v) is 3.82. The Labute approximate surface area is 129 Å². The van der Waals surface area contributed by atoms with Crippen LogP contribution in [0.25, 0.3) is 0 Å². The first-order valence-electron chi connectivity index (χ1n) is 7.05. The summed E-state index contributed by atoms with van der Waals surface area (Å²) in [7, 11) is 0. The van der Waals surface area contributed by atoms with Crippen molar-refractivity contribution in [3.8, 4) is 0 Å². The Balaban J connectivity index is 1.57. The summed E-state index contributed by atoms with van der Waals surface area (Å²) >= 11 is 5.30. The fraction of sp³-hybridized carbons (Fsp3) is 0.714. The van der Waals surface area contributed by atoms with Crippen molar-refractivity contribution in [2.45, 2.75) is 26.4 Å². The molecule has 1 saturated heterocycles. The number of nitrogens with zero attached hydrogens (tertiary/aromatic N) is 2. The summed E-state index contributed by atoms with van der Waals surface area (Å²) in [6.07, 6.45) is 0. The van der Waals surface area contributed by atoms with Crippen molar-refractivity contribution in [2.24, 2.45) is 0 Å². The Morgan fingerprint density at radius 1 is 1.32 bits per heavy atom. The first-order chi connectivity index (χ1) is 9.15. The van der Waals surface area contributed by atoms with Crippen molar-refractivity contribution in [2.75, 3.05) is 39.3 Å². The molecule has 0 saturated carbocycles. The maximum absolute atomic E-state index is 3.53. The maximum Gasteiger partial charge on any atom is 0.0300 e. The van der Waals surface area contributed by atoms with Crippen LogP contribution in [0, 0.1) is 0 Å². The molecule has 1 aromatic heterocycles. The Hall–Kier alpha value is 0.0600. The number of hydrogen-bond donors (Lipinski definition) is 1. The Morgan fingerprint density at radius 3 is 2.63 bits per heavy atom. The SMILES string of the molecule is CC(C)N1CCN(CCNCc2cc(Br)cs2)CC1. The van der Waals surface area contributed by atoms with Gasteiger partial charge in [0.05, 0.1) is 0 Å². The number of hydrogen-bond acceptors (Lipinski definition) is 4. The van der Waals surface area contributed by atoms with Gasteiger partial charge in [0.1, 0.15) is 0 Å². The van der Waals surface area contributed by atoms with Crippen LogP contribution >= 0.6 is 27.3 Å². The zero-order valence-electron chi connectivity index (χ0n) is 11.9. The minimum absolute atomic E-state index is 0.692. The van der Waals surface area contributed by atoms with Gasteiger partial charge in [-0.3, -0.25) is 9.80 Å². The lowest BCUT2D eigenvalue weighted by Gasteiger charge is -2.36. The van der Waals surface area contributed by atoms with Crippen LogP contribution in [0.3, 0.4) is 0 Å². The third-order valence-corrected chi connectivity index (χ3v) is 5.36. The Kier molecular flexibility index (Phi) is 6.29. The van der Waals surface area contributed by atoms with E-state index in [9.17, 15) is 0 Å². The number of rotatable bonds is 6. The van der Waals surface area contributed by atoms with E-state index in [2.05, 4.69) is 56.3 Å². The van der Waals surface area contributed by atoms with Gasteiger partial charge < -0.3 is 5.32 Å². The Bertz CT molecular complexity index is 373. The summed E-state index contributed by atoms with van der Waals surface area (Å²) in [4.78, 5) is 6.53. The second-order valence-electron chi connectivity index (χ2n) is 5.38. The molecule has 1 N–H and O–H groups in total. The van der Waals surface area contributed by atoms with E-state index in [1.807, 2.05) is 11.3 Å². The molecule has 0 unspecified atom stereocenters. The van der Waals surface area contributed by atoms with Gasteiger partial charge in [0.15, 0.2) is 0 Å². The van der Waals surface area contributed by atoms with E-state index in [4.69, 9.17) is 0 Å². The quantitative estimate of drug-likeness (QED) is 0.799. The van der Waals surface area contributed by atoms with Crippen LogP contribution in [-0.4, -0.2) is 55.1 Å². The highest BCUT2D eigenvalue weighted by molar-refractivity contribution is 9.10. The second-order valence-corrected chi connectivity index (χ2v) is 7.29. The zero-order valence-corrected chi connectivity index (χ0v) is 14.3. The van der Waals surface area contributed by atoms with Gasteiger partial charge in [-0.1, -0.05) is 0 Å². The van der Waals surface area contributed by atoms with Crippen LogP contribution in [0.4, 0.5) is 0 Å². The summed E-state index contributed by atoms with van der Waals surface area (Å²) in [5.74, 6) is 0. The van der Waals surface area contributed by atoms with Gasteiger partial charge >= 0.3 is 0 Å². The molecule has 1 aromatic rings. The van der Waals surface area contributed by atoms with E-state index in [1.54, 1.807) is 0 Å².